The van der Waals surface area contributed by atoms with Gasteiger partial charge in [0, 0.05) is 6.92 Å². The molecular formula is C12H11ClN4O2. The lowest BCUT2D eigenvalue weighted by Gasteiger charge is -2.07. The highest BCUT2D eigenvalue weighted by Crippen LogP contribution is 2.20. The van der Waals surface area contributed by atoms with Gasteiger partial charge in [0.1, 0.15) is 0 Å². The number of para-hydroxylation sites is 2. The molecule has 1 heterocycles. The van der Waals surface area contributed by atoms with Gasteiger partial charge in [0.05, 0.1) is 17.6 Å². The molecule has 2 aromatic rings. The summed E-state index contributed by atoms with van der Waals surface area (Å²) in [5, 5.41) is 4.98. The highest BCUT2D eigenvalue weighted by atomic mass is 35.5. The Labute approximate surface area is 114 Å². The van der Waals surface area contributed by atoms with Crippen LogP contribution in [0.1, 0.15) is 6.92 Å². The smallest absolute Gasteiger partial charge is 0.245 e. The lowest BCUT2D eigenvalue weighted by molar-refractivity contribution is -0.122. The minimum atomic E-state index is -0.415. The molecule has 0 saturated carbocycles. The maximum atomic E-state index is 11.6. The molecule has 2 N–H and O–H groups in total. The zero-order valence-corrected chi connectivity index (χ0v) is 10.9. The molecule has 0 spiro atoms. The number of benzene rings is 1. The summed E-state index contributed by atoms with van der Waals surface area (Å²) >= 11 is 5.93. The zero-order valence-electron chi connectivity index (χ0n) is 10.1. The monoisotopic (exact) mass is 278 g/mol. The van der Waals surface area contributed by atoms with Crippen LogP contribution in [0.15, 0.2) is 24.3 Å². The van der Waals surface area contributed by atoms with Gasteiger partial charge in [-0.1, -0.05) is 23.7 Å². The van der Waals surface area contributed by atoms with Crippen LogP contribution in [0, 0.1) is 0 Å². The molecule has 0 bridgehead atoms. The summed E-state index contributed by atoms with van der Waals surface area (Å²) in [5.74, 6) is -0.525. The molecule has 98 valence electrons. The molecule has 0 radical (unpaired) electrons. The van der Waals surface area contributed by atoms with Crippen LogP contribution in [0.25, 0.3) is 11.0 Å². The molecule has 0 aliphatic rings. The Morgan fingerprint density at radius 1 is 1.21 bits per heavy atom. The molecule has 6 nitrogen and oxygen atoms in total. The minimum absolute atomic E-state index is 0.106. The van der Waals surface area contributed by atoms with Crippen LogP contribution >= 0.6 is 11.6 Å². The molecule has 2 amide bonds. The minimum Gasteiger partial charge on any atom is -0.347 e. The molecule has 0 aliphatic carbocycles. The molecule has 19 heavy (non-hydrogen) atoms. The Kier molecular flexibility index (Phi) is 3.91. The van der Waals surface area contributed by atoms with Crippen molar-refractivity contribution >= 4 is 40.3 Å². The summed E-state index contributed by atoms with van der Waals surface area (Å²) in [6, 6.07) is 7.18. The maximum absolute atomic E-state index is 11.6. The summed E-state index contributed by atoms with van der Waals surface area (Å²) in [7, 11) is 0. The van der Waals surface area contributed by atoms with Gasteiger partial charge in [0.2, 0.25) is 11.8 Å². The molecule has 1 aromatic heterocycles. The average molecular weight is 279 g/mol. The molecule has 0 unspecified atom stereocenters. The van der Waals surface area contributed by atoms with E-state index in [4.69, 9.17) is 11.6 Å². The number of carbonyl (C=O) groups is 2. The number of nitrogens with zero attached hydrogens (tertiary/aromatic N) is 2. The van der Waals surface area contributed by atoms with E-state index < -0.39 is 5.91 Å². The Balaban J connectivity index is 2.18. The van der Waals surface area contributed by atoms with E-state index in [0.717, 1.165) is 0 Å². The summed E-state index contributed by atoms with van der Waals surface area (Å²) in [6.45, 7) is 1.19. The van der Waals surface area contributed by atoms with Crippen molar-refractivity contribution in [2.24, 2.45) is 0 Å². The second-order valence-corrected chi connectivity index (χ2v) is 4.17. The first-order chi connectivity index (χ1) is 9.06. The van der Waals surface area contributed by atoms with Gasteiger partial charge < -0.3 is 10.6 Å². The first-order valence-corrected chi connectivity index (χ1v) is 5.90. The fourth-order valence-electron chi connectivity index (χ4n) is 1.44. The molecule has 2 rings (SSSR count). The van der Waals surface area contributed by atoms with E-state index in [9.17, 15) is 9.59 Å². The van der Waals surface area contributed by atoms with E-state index >= 15 is 0 Å². The molecule has 0 aliphatic heterocycles. The number of hydrogen-bond acceptors (Lipinski definition) is 4. The highest BCUT2D eigenvalue weighted by molar-refractivity contribution is 6.32. The number of rotatable bonds is 3. The van der Waals surface area contributed by atoms with E-state index in [0.29, 0.717) is 11.0 Å². The predicted octanol–water partition coefficient (Wildman–Crippen LogP) is 1.36. The normalized spacial score (nSPS) is 10.2. The number of fused-ring (bicyclic) bond motifs is 1. The second kappa shape index (κ2) is 5.62. The van der Waals surface area contributed by atoms with Gasteiger partial charge in [-0.3, -0.25) is 9.59 Å². The molecule has 0 atom stereocenters. The summed E-state index contributed by atoms with van der Waals surface area (Å²) in [6.07, 6.45) is 0. The number of nitrogens with one attached hydrogen (secondary N) is 2. The molecule has 1 aromatic carbocycles. The van der Waals surface area contributed by atoms with Crippen LogP contribution < -0.4 is 10.6 Å². The third-order valence-electron chi connectivity index (χ3n) is 2.28. The largest absolute Gasteiger partial charge is 0.347 e. The van der Waals surface area contributed by atoms with Gasteiger partial charge in [-0.15, -0.1) is 0 Å². The van der Waals surface area contributed by atoms with E-state index in [1.54, 1.807) is 12.1 Å². The van der Waals surface area contributed by atoms with Crippen molar-refractivity contribution < 1.29 is 9.59 Å². The third kappa shape index (κ3) is 3.38. The lowest BCUT2D eigenvalue weighted by atomic mass is 10.3. The molecule has 0 fully saturated rings. The Morgan fingerprint density at radius 2 is 1.84 bits per heavy atom. The maximum Gasteiger partial charge on any atom is 0.245 e. The molecule has 0 saturated heterocycles. The van der Waals surface area contributed by atoms with Gasteiger partial charge in [-0.05, 0) is 12.1 Å². The molecule has 7 heteroatoms. The van der Waals surface area contributed by atoms with Gasteiger partial charge in [-0.25, -0.2) is 9.97 Å². The SMILES string of the molecule is CC(=O)NCC(=O)Nc1nc2ccccc2nc1Cl. The van der Waals surface area contributed by atoms with E-state index in [2.05, 4.69) is 20.6 Å². The van der Waals surface area contributed by atoms with E-state index in [1.165, 1.54) is 6.92 Å². The van der Waals surface area contributed by atoms with Crippen molar-refractivity contribution in [1.29, 1.82) is 0 Å². The van der Waals surface area contributed by atoms with Crippen LogP contribution in [0.5, 0.6) is 0 Å². The molecular weight excluding hydrogens is 268 g/mol. The van der Waals surface area contributed by atoms with E-state index in [1.807, 2.05) is 12.1 Å². The van der Waals surface area contributed by atoms with Crippen LogP contribution in [0.4, 0.5) is 5.82 Å². The summed E-state index contributed by atoms with van der Waals surface area (Å²) < 4.78 is 0. The first kappa shape index (κ1) is 13.2. The van der Waals surface area contributed by atoms with Crippen molar-refractivity contribution in [3.8, 4) is 0 Å². The van der Waals surface area contributed by atoms with Crippen LogP contribution in [-0.2, 0) is 9.59 Å². The van der Waals surface area contributed by atoms with Gasteiger partial charge in [0.15, 0.2) is 11.0 Å². The lowest BCUT2D eigenvalue weighted by Crippen LogP contribution is -2.31. The number of amides is 2. The topological polar surface area (TPSA) is 84.0 Å². The fourth-order valence-corrected chi connectivity index (χ4v) is 1.62. The van der Waals surface area contributed by atoms with Crippen molar-refractivity contribution in [1.82, 2.24) is 15.3 Å². The number of aromatic nitrogens is 2. The Bertz CT molecular complexity index is 645. The average Bonchev–Trinajstić information content (AvgIpc) is 2.37. The third-order valence-corrected chi connectivity index (χ3v) is 2.55. The zero-order chi connectivity index (χ0) is 13.8. The van der Waals surface area contributed by atoms with Gasteiger partial charge in [-0.2, -0.15) is 0 Å². The van der Waals surface area contributed by atoms with Gasteiger partial charge in [0.25, 0.3) is 0 Å². The summed E-state index contributed by atoms with van der Waals surface area (Å²) in [5.41, 5.74) is 1.27. The highest BCUT2D eigenvalue weighted by Gasteiger charge is 2.10. The van der Waals surface area contributed by atoms with Crippen molar-refractivity contribution in [2.75, 3.05) is 11.9 Å². The predicted molar refractivity (Wildman–Crippen MR) is 71.9 cm³/mol. The first-order valence-electron chi connectivity index (χ1n) is 5.53. The summed E-state index contributed by atoms with van der Waals surface area (Å²) in [4.78, 5) is 30.6. The Morgan fingerprint density at radius 3 is 2.47 bits per heavy atom. The fraction of sp³-hybridized carbons (Fsp3) is 0.167. The number of carbonyl (C=O) groups excluding carboxylic acids is 2. The van der Waals surface area contributed by atoms with Crippen molar-refractivity contribution in [3.05, 3.63) is 29.4 Å². The van der Waals surface area contributed by atoms with E-state index in [-0.39, 0.29) is 23.4 Å². The quantitative estimate of drug-likeness (QED) is 0.888. The number of halogens is 1. The number of anilines is 1. The van der Waals surface area contributed by atoms with Crippen LogP contribution in [0.2, 0.25) is 5.15 Å². The number of hydrogen-bond donors (Lipinski definition) is 2. The standard InChI is InChI=1S/C12H11ClN4O2/c1-7(18)14-6-10(19)17-12-11(13)15-8-4-2-3-5-9(8)16-12/h2-5H,6H2,1H3,(H,14,18)(H,16,17,19). The van der Waals surface area contributed by atoms with Crippen LogP contribution in [-0.4, -0.2) is 28.3 Å². The Hall–Kier alpha value is -2.21. The second-order valence-electron chi connectivity index (χ2n) is 3.81. The van der Waals surface area contributed by atoms with Crippen LogP contribution in [0.3, 0.4) is 0 Å². The van der Waals surface area contributed by atoms with Crippen molar-refractivity contribution in [3.63, 3.8) is 0 Å². The van der Waals surface area contributed by atoms with Gasteiger partial charge >= 0.3 is 0 Å². The van der Waals surface area contributed by atoms with Crippen molar-refractivity contribution in [2.45, 2.75) is 6.92 Å².